The molecule has 0 aliphatic rings. The first kappa shape index (κ1) is 11.4. The van der Waals surface area contributed by atoms with Crippen molar-refractivity contribution >= 4 is 17.4 Å². The van der Waals surface area contributed by atoms with E-state index in [1.54, 1.807) is 6.20 Å². The second kappa shape index (κ2) is 5.91. The fraction of sp³-hybridized carbons (Fsp3) is 0.545. The zero-order valence-corrected chi connectivity index (χ0v) is 9.68. The molecule has 0 aliphatic heterocycles. The highest BCUT2D eigenvalue weighted by Gasteiger charge is 2.02. The van der Waals surface area contributed by atoms with Crippen LogP contribution in [0.4, 0.5) is 5.69 Å². The summed E-state index contributed by atoms with van der Waals surface area (Å²) in [6.07, 6.45) is 4.27. The van der Waals surface area contributed by atoms with Crippen LogP contribution < -0.4 is 5.73 Å². The van der Waals surface area contributed by atoms with E-state index in [-0.39, 0.29) is 0 Å². The summed E-state index contributed by atoms with van der Waals surface area (Å²) in [6, 6.07) is 3.89. The molecule has 2 nitrogen and oxygen atoms in total. The van der Waals surface area contributed by atoms with Crippen molar-refractivity contribution in [3.8, 4) is 0 Å². The van der Waals surface area contributed by atoms with Crippen LogP contribution in [0.25, 0.3) is 0 Å². The summed E-state index contributed by atoms with van der Waals surface area (Å²) in [6.45, 7) is 4.51. The summed E-state index contributed by atoms with van der Waals surface area (Å²) in [4.78, 5) is 4.25. The average molecular weight is 210 g/mol. The van der Waals surface area contributed by atoms with Gasteiger partial charge in [-0.25, -0.2) is 4.98 Å². The van der Waals surface area contributed by atoms with Gasteiger partial charge in [0.05, 0.1) is 16.9 Å². The molecule has 1 heterocycles. The molecular formula is C11H18N2S. The van der Waals surface area contributed by atoms with Gasteiger partial charge in [-0.3, -0.25) is 0 Å². The molecule has 1 rings (SSSR count). The minimum Gasteiger partial charge on any atom is -0.397 e. The molecule has 0 fully saturated rings. The van der Waals surface area contributed by atoms with E-state index >= 15 is 0 Å². The van der Waals surface area contributed by atoms with E-state index in [1.165, 1.54) is 12.8 Å². The molecule has 0 amide bonds. The molecule has 0 bridgehead atoms. The first-order chi connectivity index (χ1) is 6.72. The minimum absolute atomic E-state index is 0.732. The number of nitrogens with zero attached hydrogens (tertiary/aromatic N) is 1. The Kier molecular flexibility index (Phi) is 4.80. The normalized spacial score (nSPS) is 12.7. The SMILES string of the molecule is CCCC(C)CSc1ccc(N)cn1. The van der Waals surface area contributed by atoms with Gasteiger partial charge in [0.1, 0.15) is 0 Å². The number of nitrogens with two attached hydrogens (primary N) is 1. The topological polar surface area (TPSA) is 38.9 Å². The molecule has 0 spiro atoms. The van der Waals surface area contributed by atoms with Crippen molar-refractivity contribution in [2.45, 2.75) is 31.7 Å². The number of rotatable bonds is 5. The van der Waals surface area contributed by atoms with Gasteiger partial charge in [0, 0.05) is 5.75 Å². The number of aromatic nitrogens is 1. The van der Waals surface area contributed by atoms with E-state index in [0.29, 0.717) is 0 Å². The van der Waals surface area contributed by atoms with E-state index < -0.39 is 0 Å². The van der Waals surface area contributed by atoms with E-state index in [1.807, 2.05) is 23.9 Å². The third kappa shape index (κ3) is 4.01. The van der Waals surface area contributed by atoms with Crippen LogP contribution in [-0.2, 0) is 0 Å². The summed E-state index contributed by atoms with van der Waals surface area (Å²) in [5, 5.41) is 1.07. The van der Waals surface area contributed by atoms with Crippen molar-refractivity contribution in [3.05, 3.63) is 18.3 Å². The Labute approximate surface area is 90.3 Å². The Bertz CT molecular complexity index is 258. The quantitative estimate of drug-likeness (QED) is 0.759. The van der Waals surface area contributed by atoms with Crippen LogP contribution in [0.15, 0.2) is 23.4 Å². The lowest BCUT2D eigenvalue weighted by Gasteiger charge is -2.08. The lowest BCUT2D eigenvalue weighted by Crippen LogP contribution is -1.97. The molecule has 1 atom stereocenters. The second-order valence-electron chi connectivity index (χ2n) is 3.63. The molecule has 0 radical (unpaired) electrons. The highest BCUT2D eigenvalue weighted by Crippen LogP contribution is 2.20. The summed E-state index contributed by atoms with van der Waals surface area (Å²) >= 11 is 1.81. The molecule has 78 valence electrons. The van der Waals surface area contributed by atoms with Crippen LogP contribution >= 0.6 is 11.8 Å². The van der Waals surface area contributed by atoms with Crippen molar-refractivity contribution in [1.82, 2.24) is 4.98 Å². The summed E-state index contributed by atoms with van der Waals surface area (Å²) < 4.78 is 0. The van der Waals surface area contributed by atoms with Crippen molar-refractivity contribution in [2.75, 3.05) is 11.5 Å². The maximum Gasteiger partial charge on any atom is 0.0961 e. The van der Waals surface area contributed by atoms with Gasteiger partial charge in [-0.15, -0.1) is 11.8 Å². The molecule has 2 N–H and O–H groups in total. The average Bonchev–Trinajstić information content (AvgIpc) is 2.17. The molecule has 0 aromatic carbocycles. The van der Waals surface area contributed by atoms with Crippen molar-refractivity contribution in [2.24, 2.45) is 5.92 Å². The van der Waals surface area contributed by atoms with Gasteiger partial charge in [0.2, 0.25) is 0 Å². The Morgan fingerprint density at radius 2 is 2.29 bits per heavy atom. The molecule has 0 saturated carbocycles. The fourth-order valence-electron chi connectivity index (χ4n) is 1.28. The number of thioether (sulfide) groups is 1. The molecule has 1 aromatic rings. The summed E-state index contributed by atoms with van der Waals surface area (Å²) in [5.41, 5.74) is 6.29. The maximum absolute atomic E-state index is 5.56. The van der Waals surface area contributed by atoms with Crippen LogP contribution in [0.1, 0.15) is 26.7 Å². The van der Waals surface area contributed by atoms with Crippen molar-refractivity contribution < 1.29 is 0 Å². The van der Waals surface area contributed by atoms with Crippen LogP contribution in [-0.4, -0.2) is 10.7 Å². The van der Waals surface area contributed by atoms with Crippen LogP contribution in [0.3, 0.4) is 0 Å². The molecule has 3 heteroatoms. The Morgan fingerprint density at radius 1 is 1.50 bits per heavy atom. The molecule has 0 aliphatic carbocycles. The Morgan fingerprint density at radius 3 is 2.86 bits per heavy atom. The smallest absolute Gasteiger partial charge is 0.0961 e. The zero-order valence-electron chi connectivity index (χ0n) is 8.86. The third-order valence-electron chi connectivity index (χ3n) is 2.06. The number of hydrogen-bond donors (Lipinski definition) is 1. The van der Waals surface area contributed by atoms with Crippen LogP contribution in [0.5, 0.6) is 0 Å². The minimum atomic E-state index is 0.732. The highest BCUT2D eigenvalue weighted by atomic mass is 32.2. The van der Waals surface area contributed by atoms with Gasteiger partial charge in [0.25, 0.3) is 0 Å². The van der Waals surface area contributed by atoms with E-state index in [4.69, 9.17) is 5.73 Å². The van der Waals surface area contributed by atoms with E-state index in [9.17, 15) is 0 Å². The summed E-state index contributed by atoms with van der Waals surface area (Å²) in [5.74, 6) is 1.91. The molecule has 14 heavy (non-hydrogen) atoms. The molecule has 0 saturated heterocycles. The Hall–Kier alpha value is -0.700. The zero-order chi connectivity index (χ0) is 10.4. The van der Waals surface area contributed by atoms with Gasteiger partial charge in [-0.05, 0) is 18.1 Å². The standard InChI is InChI=1S/C11H18N2S/c1-3-4-9(2)8-14-11-6-5-10(12)7-13-11/h5-7,9H,3-4,8,12H2,1-2H3. The van der Waals surface area contributed by atoms with Gasteiger partial charge in [-0.2, -0.15) is 0 Å². The molecular weight excluding hydrogens is 192 g/mol. The highest BCUT2D eigenvalue weighted by molar-refractivity contribution is 7.99. The third-order valence-corrected chi connectivity index (χ3v) is 3.33. The first-order valence-corrected chi connectivity index (χ1v) is 6.05. The van der Waals surface area contributed by atoms with E-state index in [2.05, 4.69) is 18.8 Å². The largest absolute Gasteiger partial charge is 0.397 e. The first-order valence-electron chi connectivity index (χ1n) is 5.06. The van der Waals surface area contributed by atoms with Gasteiger partial charge in [-0.1, -0.05) is 26.7 Å². The lowest BCUT2D eigenvalue weighted by molar-refractivity contribution is 0.585. The molecule has 1 unspecified atom stereocenters. The monoisotopic (exact) mass is 210 g/mol. The number of nitrogen functional groups attached to an aromatic ring is 1. The van der Waals surface area contributed by atoms with Gasteiger partial charge in [0.15, 0.2) is 0 Å². The molecule has 1 aromatic heterocycles. The van der Waals surface area contributed by atoms with Crippen molar-refractivity contribution in [1.29, 1.82) is 0 Å². The predicted octanol–water partition coefficient (Wildman–Crippen LogP) is 3.19. The summed E-state index contributed by atoms with van der Waals surface area (Å²) in [7, 11) is 0. The fourth-order valence-corrected chi connectivity index (χ4v) is 2.19. The van der Waals surface area contributed by atoms with Crippen LogP contribution in [0, 0.1) is 5.92 Å². The van der Waals surface area contributed by atoms with Crippen molar-refractivity contribution in [3.63, 3.8) is 0 Å². The van der Waals surface area contributed by atoms with Gasteiger partial charge >= 0.3 is 0 Å². The second-order valence-corrected chi connectivity index (χ2v) is 4.67. The lowest BCUT2D eigenvalue weighted by atomic mass is 10.1. The van der Waals surface area contributed by atoms with E-state index in [0.717, 1.165) is 22.4 Å². The predicted molar refractivity (Wildman–Crippen MR) is 63.4 cm³/mol. The number of pyridine rings is 1. The number of anilines is 1. The number of hydrogen-bond acceptors (Lipinski definition) is 3. The Balaban J connectivity index is 2.34. The van der Waals surface area contributed by atoms with Crippen LogP contribution in [0.2, 0.25) is 0 Å². The maximum atomic E-state index is 5.56. The van der Waals surface area contributed by atoms with Gasteiger partial charge < -0.3 is 5.73 Å².